The lowest BCUT2D eigenvalue weighted by atomic mass is 9.80. The number of aliphatic hydroxyl groups excluding tert-OH is 1. The molecule has 1 fully saturated rings. The second-order valence-corrected chi connectivity index (χ2v) is 5.29. The summed E-state index contributed by atoms with van der Waals surface area (Å²) < 4.78 is 26.5. The van der Waals surface area contributed by atoms with Gasteiger partial charge in [0.25, 0.3) is 0 Å². The molecule has 1 aliphatic rings. The maximum atomic E-state index is 13.5. The van der Waals surface area contributed by atoms with Gasteiger partial charge in [0.05, 0.1) is 6.10 Å². The first-order valence-electron chi connectivity index (χ1n) is 6.14. The van der Waals surface area contributed by atoms with Crippen molar-refractivity contribution in [2.24, 2.45) is 5.41 Å². The maximum absolute atomic E-state index is 13.5. The molecule has 1 aromatic carbocycles. The van der Waals surface area contributed by atoms with Crippen LogP contribution in [0.3, 0.4) is 0 Å². The van der Waals surface area contributed by atoms with Crippen LogP contribution in [0, 0.1) is 17.0 Å². The lowest BCUT2D eigenvalue weighted by molar-refractivity contribution is 0.0416. The fourth-order valence-corrected chi connectivity index (χ4v) is 2.68. The van der Waals surface area contributed by atoms with Crippen molar-refractivity contribution in [1.29, 1.82) is 0 Å². The van der Waals surface area contributed by atoms with Crippen LogP contribution in [0.25, 0.3) is 0 Å². The summed E-state index contributed by atoms with van der Waals surface area (Å²) in [5.74, 6) is -1.67. The third-order valence-corrected chi connectivity index (χ3v) is 4.00. The van der Waals surface area contributed by atoms with Gasteiger partial charge in [0.15, 0.2) is 11.6 Å². The zero-order valence-electron chi connectivity index (χ0n) is 10.0. The highest BCUT2D eigenvalue weighted by Gasteiger charge is 2.36. The maximum Gasteiger partial charge on any atom is 0.162 e. The standard InChI is InChI=1S/C14H18F2O/c1-14(7-2-3-8-14)12(17)9-10-5-4-6-11(15)13(10)16/h4-6,12,17H,2-3,7-9H2,1H3. The van der Waals surface area contributed by atoms with Crippen LogP contribution in [0.5, 0.6) is 0 Å². The second-order valence-electron chi connectivity index (χ2n) is 5.29. The van der Waals surface area contributed by atoms with E-state index in [-0.39, 0.29) is 17.4 Å². The smallest absolute Gasteiger partial charge is 0.162 e. The summed E-state index contributed by atoms with van der Waals surface area (Å²) in [6, 6.07) is 4.12. The Bertz CT molecular complexity index is 397. The van der Waals surface area contributed by atoms with Gasteiger partial charge in [-0.05, 0) is 29.9 Å². The average Bonchev–Trinajstić information content (AvgIpc) is 2.73. The van der Waals surface area contributed by atoms with Crippen LogP contribution >= 0.6 is 0 Å². The summed E-state index contributed by atoms with van der Waals surface area (Å²) in [7, 11) is 0. The van der Waals surface area contributed by atoms with E-state index in [4.69, 9.17) is 0 Å². The molecule has 1 saturated carbocycles. The summed E-state index contributed by atoms with van der Waals surface area (Å²) in [5, 5.41) is 10.2. The molecule has 3 heteroatoms. The Labute approximate surface area is 100 Å². The van der Waals surface area contributed by atoms with Crippen LogP contribution in [-0.4, -0.2) is 11.2 Å². The Morgan fingerprint density at radius 2 is 1.94 bits per heavy atom. The number of benzene rings is 1. The minimum Gasteiger partial charge on any atom is -0.392 e. The van der Waals surface area contributed by atoms with Gasteiger partial charge in [-0.3, -0.25) is 0 Å². The van der Waals surface area contributed by atoms with Gasteiger partial charge >= 0.3 is 0 Å². The van der Waals surface area contributed by atoms with Gasteiger partial charge in [-0.2, -0.15) is 0 Å². The van der Waals surface area contributed by atoms with Gasteiger partial charge in [-0.25, -0.2) is 8.78 Å². The highest BCUT2D eigenvalue weighted by Crippen LogP contribution is 2.41. The SMILES string of the molecule is CC1(C(O)Cc2cccc(F)c2F)CCCC1. The van der Waals surface area contributed by atoms with E-state index in [1.54, 1.807) is 6.07 Å². The van der Waals surface area contributed by atoms with Crippen LogP contribution < -0.4 is 0 Å². The monoisotopic (exact) mass is 240 g/mol. The lowest BCUT2D eigenvalue weighted by Crippen LogP contribution is -2.31. The minimum absolute atomic E-state index is 0.140. The summed E-state index contributed by atoms with van der Waals surface area (Å²) in [6.07, 6.45) is 3.75. The third-order valence-electron chi connectivity index (χ3n) is 4.00. The van der Waals surface area contributed by atoms with Crippen molar-refractivity contribution in [2.75, 3.05) is 0 Å². The molecular formula is C14H18F2O. The van der Waals surface area contributed by atoms with Crippen LogP contribution in [0.1, 0.15) is 38.2 Å². The molecule has 1 unspecified atom stereocenters. The molecule has 1 atom stereocenters. The molecule has 1 aromatic rings. The summed E-state index contributed by atoms with van der Waals surface area (Å²) in [4.78, 5) is 0. The van der Waals surface area contributed by atoms with Crippen LogP contribution in [0.15, 0.2) is 18.2 Å². The van der Waals surface area contributed by atoms with E-state index in [0.717, 1.165) is 31.7 Å². The predicted molar refractivity (Wildman–Crippen MR) is 62.6 cm³/mol. The molecule has 0 bridgehead atoms. The molecule has 0 radical (unpaired) electrons. The first-order chi connectivity index (χ1) is 8.03. The molecule has 94 valence electrons. The summed E-state index contributed by atoms with van der Waals surface area (Å²) in [5.41, 5.74) is 0.129. The quantitative estimate of drug-likeness (QED) is 0.858. The van der Waals surface area contributed by atoms with Crippen LogP contribution in [-0.2, 0) is 6.42 Å². The second kappa shape index (κ2) is 4.73. The first-order valence-corrected chi connectivity index (χ1v) is 6.14. The normalized spacial score (nSPS) is 20.5. The molecule has 1 N–H and O–H groups in total. The van der Waals surface area contributed by atoms with E-state index in [0.29, 0.717) is 0 Å². The fraction of sp³-hybridized carbons (Fsp3) is 0.571. The van der Waals surface area contributed by atoms with Gasteiger partial charge in [0.1, 0.15) is 0 Å². The largest absolute Gasteiger partial charge is 0.392 e. The number of hydrogen-bond acceptors (Lipinski definition) is 1. The van der Waals surface area contributed by atoms with Gasteiger partial charge in [-0.1, -0.05) is 31.9 Å². The lowest BCUT2D eigenvalue weighted by Gasteiger charge is -2.30. The molecule has 0 heterocycles. The van der Waals surface area contributed by atoms with E-state index in [2.05, 4.69) is 0 Å². The topological polar surface area (TPSA) is 20.2 Å². The molecule has 0 saturated heterocycles. The van der Waals surface area contributed by atoms with Crippen molar-refractivity contribution >= 4 is 0 Å². The fourth-order valence-electron chi connectivity index (χ4n) is 2.68. The van der Waals surface area contributed by atoms with Crippen molar-refractivity contribution in [3.8, 4) is 0 Å². The van der Waals surface area contributed by atoms with Crippen molar-refractivity contribution in [3.05, 3.63) is 35.4 Å². The Morgan fingerprint density at radius 1 is 1.29 bits per heavy atom. The van der Waals surface area contributed by atoms with Gasteiger partial charge in [0, 0.05) is 6.42 Å². The van der Waals surface area contributed by atoms with Crippen molar-refractivity contribution in [2.45, 2.75) is 45.1 Å². The molecule has 1 nitrogen and oxygen atoms in total. The number of aliphatic hydroxyl groups is 1. The molecule has 2 rings (SSSR count). The molecule has 0 aliphatic heterocycles. The molecule has 0 spiro atoms. The molecule has 0 amide bonds. The average molecular weight is 240 g/mol. The van der Waals surface area contributed by atoms with E-state index < -0.39 is 17.7 Å². The highest BCUT2D eigenvalue weighted by atomic mass is 19.2. The van der Waals surface area contributed by atoms with Crippen molar-refractivity contribution in [3.63, 3.8) is 0 Å². The van der Waals surface area contributed by atoms with E-state index >= 15 is 0 Å². The first kappa shape index (κ1) is 12.5. The predicted octanol–water partition coefficient (Wildman–Crippen LogP) is 3.45. The molecule has 17 heavy (non-hydrogen) atoms. The Hall–Kier alpha value is -0.960. The van der Waals surface area contributed by atoms with E-state index in [9.17, 15) is 13.9 Å². The van der Waals surface area contributed by atoms with E-state index in [1.807, 2.05) is 6.92 Å². The number of rotatable bonds is 3. The van der Waals surface area contributed by atoms with Crippen LogP contribution in [0.4, 0.5) is 8.78 Å². The van der Waals surface area contributed by atoms with Crippen molar-refractivity contribution in [1.82, 2.24) is 0 Å². The Morgan fingerprint density at radius 3 is 2.59 bits per heavy atom. The third kappa shape index (κ3) is 2.49. The molecular weight excluding hydrogens is 222 g/mol. The zero-order valence-corrected chi connectivity index (χ0v) is 10.0. The Kier molecular flexibility index (Phi) is 3.48. The summed E-state index contributed by atoms with van der Waals surface area (Å²) >= 11 is 0. The van der Waals surface area contributed by atoms with Gasteiger partial charge < -0.3 is 5.11 Å². The number of hydrogen-bond donors (Lipinski definition) is 1. The van der Waals surface area contributed by atoms with E-state index in [1.165, 1.54) is 6.07 Å². The molecule has 0 aromatic heterocycles. The van der Waals surface area contributed by atoms with Gasteiger partial charge in [-0.15, -0.1) is 0 Å². The minimum atomic E-state index is -0.841. The van der Waals surface area contributed by atoms with Gasteiger partial charge in [0.2, 0.25) is 0 Å². The number of halogens is 2. The summed E-state index contributed by atoms with van der Waals surface area (Å²) in [6.45, 7) is 2.03. The van der Waals surface area contributed by atoms with Crippen LogP contribution in [0.2, 0.25) is 0 Å². The molecule has 1 aliphatic carbocycles. The Balaban J connectivity index is 2.12. The van der Waals surface area contributed by atoms with Crippen molar-refractivity contribution < 1.29 is 13.9 Å². The zero-order chi connectivity index (χ0) is 12.5. The highest BCUT2D eigenvalue weighted by molar-refractivity contribution is 5.20.